The number of ether oxygens (including phenoxy) is 2. The molecule has 0 saturated carbocycles. The zero-order valence-electron chi connectivity index (χ0n) is 17.7. The number of esters is 1. The fourth-order valence-electron chi connectivity index (χ4n) is 3.52. The van der Waals surface area contributed by atoms with E-state index < -0.39 is 0 Å². The molecule has 0 amide bonds. The molecule has 1 aromatic heterocycles. The van der Waals surface area contributed by atoms with Gasteiger partial charge in [-0.15, -0.1) is 0 Å². The number of hydrogen-bond donors (Lipinski definition) is 2. The van der Waals surface area contributed by atoms with Gasteiger partial charge in [-0.2, -0.15) is 5.10 Å². The van der Waals surface area contributed by atoms with Gasteiger partial charge < -0.3 is 9.47 Å². The van der Waals surface area contributed by atoms with Crippen molar-refractivity contribution in [1.29, 1.82) is 0 Å². The van der Waals surface area contributed by atoms with Crippen LogP contribution >= 0.6 is 0 Å². The molecule has 7 heteroatoms. The van der Waals surface area contributed by atoms with Crippen molar-refractivity contribution in [2.75, 3.05) is 19.2 Å². The smallest absolute Gasteiger partial charge is 0.327 e. The zero-order valence-corrected chi connectivity index (χ0v) is 17.7. The molecule has 0 spiro atoms. The first-order valence-corrected chi connectivity index (χ1v) is 9.82. The van der Waals surface area contributed by atoms with Gasteiger partial charge in [0.1, 0.15) is 12.3 Å². The number of hydrogen-bond acceptors (Lipinski definition) is 6. The van der Waals surface area contributed by atoms with Crippen molar-refractivity contribution in [3.8, 4) is 16.9 Å². The van der Waals surface area contributed by atoms with Gasteiger partial charge in [0.15, 0.2) is 0 Å². The predicted octanol–water partition coefficient (Wildman–Crippen LogP) is 4.13. The molecule has 3 aromatic rings. The lowest BCUT2D eigenvalue weighted by atomic mass is 9.97. The summed E-state index contributed by atoms with van der Waals surface area (Å²) < 4.78 is 12.3. The maximum atomic E-state index is 11.8. The molecule has 7 nitrogen and oxygen atoms in total. The topological polar surface area (TPSA) is 85.6 Å². The normalized spacial score (nSPS) is 10.7. The third-order valence-corrected chi connectivity index (χ3v) is 5.06. The molecule has 0 aliphatic heterocycles. The van der Waals surface area contributed by atoms with Crippen LogP contribution in [-0.4, -0.2) is 34.7 Å². The molecule has 0 radical (unpaired) electrons. The van der Waals surface area contributed by atoms with Gasteiger partial charge in [0.05, 0.1) is 25.1 Å². The summed E-state index contributed by atoms with van der Waals surface area (Å²) in [5.41, 5.74) is 8.66. The fraction of sp³-hybridized carbons (Fsp3) is 0.304. The number of methoxy groups -OCH3 is 1. The largest absolute Gasteiger partial charge is 0.496 e. The average molecular weight is 409 g/mol. The molecule has 0 fully saturated rings. The van der Waals surface area contributed by atoms with E-state index in [9.17, 15) is 10.0 Å². The first-order chi connectivity index (χ1) is 14.5. The number of rotatable bonds is 8. The van der Waals surface area contributed by atoms with E-state index >= 15 is 0 Å². The number of carbonyl (C=O) groups is 1. The zero-order chi connectivity index (χ0) is 21.7. The summed E-state index contributed by atoms with van der Waals surface area (Å²) in [5.74, 6) is 0.457. The molecule has 0 aliphatic carbocycles. The van der Waals surface area contributed by atoms with Crippen LogP contribution in [0.4, 0.5) is 5.69 Å². The highest BCUT2D eigenvalue weighted by atomic mass is 16.5. The quantitative estimate of drug-likeness (QED) is 0.430. The van der Waals surface area contributed by atoms with Gasteiger partial charge in [-0.3, -0.25) is 20.2 Å². The highest BCUT2D eigenvalue weighted by molar-refractivity contribution is 5.74. The minimum absolute atomic E-state index is 0.106. The number of aryl methyl sites for hydroxylation is 1. The highest BCUT2D eigenvalue weighted by Gasteiger charge is 2.16. The standard InChI is InChI=1S/C23H27N3O4/c1-5-30-23(27)14-26-16(3)20(15(2)24-26)11-17-9-10-22(29-4)21(12-17)18-7-6-8-19(13-18)25-28/h6-10,12-13,25,28H,5,11,14H2,1-4H3. The molecule has 30 heavy (non-hydrogen) atoms. The van der Waals surface area contributed by atoms with Crippen molar-refractivity contribution in [3.63, 3.8) is 0 Å². The van der Waals surface area contributed by atoms with E-state index in [1.165, 1.54) is 0 Å². The molecule has 3 rings (SSSR count). The van der Waals surface area contributed by atoms with Gasteiger partial charge in [0.25, 0.3) is 0 Å². The Hall–Kier alpha value is -3.32. The third kappa shape index (κ3) is 4.63. The number of benzene rings is 2. The highest BCUT2D eigenvalue weighted by Crippen LogP contribution is 2.33. The Morgan fingerprint density at radius 2 is 2.00 bits per heavy atom. The van der Waals surface area contributed by atoms with Gasteiger partial charge in [0.2, 0.25) is 0 Å². The van der Waals surface area contributed by atoms with Gasteiger partial charge in [-0.05, 0) is 56.2 Å². The van der Waals surface area contributed by atoms with Crippen molar-refractivity contribution < 1.29 is 19.5 Å². The summed E-state index contributed by atoms with van der Waals surface area (Å²) in [6, 6.07) is 13.5. The SMILES string of the molecule is CCOC(=O)Cn1nc(C)c(Cc2ccc(OC)c(-c3cccc(NO)c3)c2)c1C. The molecule has 0 saturated heterocycles. The Kier molecular flexibility index (Phi) is 6.74. The van der Waals surface area contributed by atoms with Gasteiger partial charge in [-0.1, -0.05) is 18.2 Å². The number of anilines is 1. The van der Waals surface area contributed by atoms with E-state index in [-0.39, 0.29) is 12.5 Å². The maximum Gasteiger partial charge on any atom is 0.327 e. The van der Waals surface area contributed by atoms with Crippen LogP contribution in [0.2, 0.25) is 0 Å². The van der Waals surface area contributed by atoms with Crippen LogP contribution in [0.1, 0.15) is 29.4 Å². The number of nitrogens with zero attached hydrogens (tertiary/aromatic N) is 2. The van der Waals surface area contributed by atoms with Crippen molar-refractivity contribution >= 4 is 11.7 Å². The maximum absolute atomic E-state index is 11.8. The van der Waals surface area contributed by atoms with Crippen LogP contribution in [0.25, 0.3) is 11.1 Å². The lowest BCUT2D eigenvalue weighted by molar-refractivity contribution is -0.144. The first kappa shape index (κ1) is 21.4. The van der Waals surface area contributed by atoms with Crippen LogP contribution in [0.3, 0.4) is 0 Å². The van der Waals surface area contributed by atoms with E-state index in [1.807, 2.05) is 44.2 Å². The van der Waals surface area contributed by atoms with Crippen molar-refractivity contribution in [1.82, 2.24) is 9.78 Å². The minimum atomic E-state index is -0.293. The van der Waals surface area contributed by atoms with Crippen molar-refractivity contribution in [3.05, 3.63) is 65.0 Å². The Morgan fingerprint density at radius 1 is 1.20 bits per heavy atom. The Balaban J connectivity index is 1.92. The second kappa shape index (κ2) is 9.45. The third-order valence-electron chi connectivity index (χ3n) is 5.06. The van der Waals surface area contributed by atoms with E-state index in [1.54, 1.807) is 24.8 Å². The Labute approximate surface area is 176 Å². The molecule has 158 valence electrons. The summed E-state index contributed by atoms with van der Waals surface area (Å²) in [7, 11) is 1.64. The molecule has 0 bridgehead atoms. The van der Waals surface area contributed by atoms with E-state index in [0.717, 1.165) is 39.4 Å². The summed E-state index contributed by atoms with van der Waals surface area (Å²) in [6.45, 7) is 6.17. The summed E-state index contributed by atoms with van der Waals surface area (Å²) >= 11 is 0. The van der Waals surface area contributed by atoms with Crippen LogP contribution in [0, 0.1) is 13.8 Å². The van der Waals surface area contributed by atoms with Crippen molar-refractivity contribution in [2.45, 2.75) is 33.7 Å². The van der Waals surface area contributed by atoms with E-state index in [2.05, 4.69) is 16.6 Å². The first-order valence-electron chi connectivity index (χ1n) is 9.82. The number of carbonyl (C=O) groups excluding carboxylic acids is 1. The molecule has 0 atom stereocenters. The molecular formula is C23H27N3O4. The van der Waals surface area contributed by atoms with E-state index in [0.29, 0.717) is 18.7 Å². The molecule has 2 N–H and O–H groups in total. The van der Waals surface area contributed by atoms with Crippen LogP contribution < -0.4 is 10.2 Å². The number of aromatic nitrogens is 2. The lowest BCUT2D eigenvalue weighted by Gasteiger charge is -2.12. The summed E-state index contributed by atoms with van der Waals surface area (Å²) in [4.78, 5) is 11.8. The Bertz CT molecular complexity index is 1040. The Morgan fingerprint density at radius 3 is 2.70 bits per heavy atom. The molecule has 2 aromatic carbocycles. The second-order valence-corrected chi connectivity index (χ2v) is 7.02. The fourth-order valence-corrected chi connectivity index (χ4v) is 3.52. The van der Waals surface area contributed by atoms with Crippen LogP contribution in [0.5, 0.6) is 5.75 Å². The summed E-state index contributed by atoms with van der Waals surface area (Å²) in [6.07, 6.45) is 0.676. The lowest BCUT2D eigenvalue weighted by Crippen LogP contribution is -2.15. The summed E-state index contributed by atoms with van der Waals surface area (Å²) in [5, 5.41) is 13.7. The molecule has 0 unspecified atom stereocenters. The predicted molar refractivity (Wildman–Crippen MR) is 115 cm³/mol. The molecule has 1 heterocycles. The van der Waals surface area contributed by atoms with Gasteiger partial charge >= 0.3 is 5.97 Å². The van der Waals surface area contributed by atoms with Crippen LogP contribution in [0.15, 0.2) is 42.5 Å². The van der Waals surface area contributed by atoms with Crippen molar-refractivity contribution in [2.24, 2.45) is 0 Å². The van der Waals surface area contributed by atoms with E-state index in [4.69, 9.17) is 9.47 Å². The monoisotopic (exact) mass is 409 g/mol. The van der Waals surface area contributed by atoms with Gasteiger partial charge in [-0.25, -0.2) is 0 Å². The second-order valence-electron chi connectivity index (χ2n) is 7.02. The average Bonchev–Trinajstić information content (AvgIpc) is 3.01. The van der Waals surface area contributed by atoms with Gasteiger partial charge in [0, 0.05) is 23.2 Å². The molecular weight excluding hydrogens is 382 g/mol. The molecule has 0 aliphatic rings. The minimum Gasteiger partial charge on any atom is -0.496 e. The number of nitrogens with one attached hydrogen (secondary N) is 1. The van der Waals surface area contributed by atoms with Crippen LogP contribution in [-0.2, 0) is 22.5 Å².